The Morgan fingerprint density at radius 3 is 2.25 bits per heavy atom. The zero-order valence-corrected chi connectivity index (χ0v) is 29.0. The Bertz CT molecular complexity index is 1720. The number of rotatable bonds is 11. The zero-order valence-electron chi connectivity index (χ0n) is 29.0. The van der Waals surface area contributed by atoms with Crippen molar-refractivity contribution < 1.29 is 33.3 Å². The van der Waals surface area contributed by atoms with Gasteiger partial charge in [-0.3, -0.25) is 14.4 Å². The first-order valence-electron chi connectivity index (χ1n) is 16.8. The summed E-state index contributed by atoms with van der Waals surface area (Å²) in [6.45, 7) is 10.8. The molecule has 1 amide bonds. The van der Waals surface area contributed by atoms with Gasteiger partial charge in [-0.2, -0.15) is 0 Å². The molecule has 2 aromatic carbocycles. The molecule has 2 fully saturated rings. The van der Waals surface area contributed by atoms with Crippen molar-refractivity contribution in [1.29, 1.82) is 0 Å². The largest absolute Gasteiger partial charge is 0.490 e. The summed E-state index contributed by atoms with van der Waals surface area (Å²) in [5.74, 6) is 0.580. The number of aliphatic hydroxyl groups is 1. The van der Waals surface area contributed by atoms with Crippen molar-refractivity contribution in [2.45, 2.75) is 97.8 Å². The van der Waals surface area contributed by atoms with Crippen LogP contribution in [-0.2, 0) is 27.0 Å². The quantitative estimate of drug-likeness (QED) is 0.228. The fraction of sp³-hybridized carbons (Fsp3) is 0.500. The summed E-state index contributed by atoms with van der Waals surface area (Å²) in [6.07, 6.45) is 5.58. The minimum absolute atomic E-state index is 0.000361. The van der Waals surface area contributed by atoms with Gasteiger partial charge in [0, 0.05) is 41.9 Å². The first-order chi connectivity index (χ1) is 22.6. The Labute approximate surface area is 281 Å². The lowest BCUT2D eigenvalue weighted by atomic mass is 9.90. The normalized spacial score (nSPS) is 18.6. The average Bonchev–Trinajstić information content (AvgIpc) is 3.77. The molecule has 3 aromatic rings. The molecule has 0 saturated heterocycles. The molecule has 0 unspecified atom stereocenters. The third-order valence-corrected chi connectivity index (χ3v) is 9.56. The van der Waals surface area contributed by atoms with E-state index in [4.69, 9.17) is 14.2 Å². The van der Waals surface area contributed by atoms with Gasteiger partial charge < -0.3 is 28.8 Å². The van der Waals surface area contributed by atoms with Crippen molar-refractivity contribution in [2.24, 2.45) is 12.5 Å². The molecule has 2 aliphatic carbocycles. The highest BCUT2D eigenvalue weighted by Gasteiger charge is 2.49. The third kappa shape index (κ3) is 7.75. The molecule has 9 nitrogen and oxygen atoms in total. The number of hydrogen-bond acceptors (Lipinski definition) is 7. The van der Waals surface area contributed by atoms with E-state index in [1.807, 2.05) is 13.0 Å². The lowest BCUT2D eigenvalue weighted by Crippen LogP contribution is -2.48. The van der Waals surface area contributed by atoms with Crippen LogP contribution in [0.3, 0.4) is 0 Å². The fourth-order valence-corrected chi connectivity index (χ4v) is 6.41. The van der Waals surface area contributed by atoms with Crippen LogP contribution < -0.4 is 15.0 Å². The molecule has 10 heteroatoms. The Hall–Kier alpha value is -4.18. The van der Waals surface area contributed by atoms with Crippen molar-refractivity contribution in [3.8, 4) is 28.4 Å². The highest BCUT2D eigenvalue weighted by Crippen LogP contribution is 2.48. The molecule has 2 saturated carbocycles. The van der Waals surface area contributed by atoms with Gasteiger partial charge in [-0.15, -0.1) is 0 Å². The smallest absolute Gasteiger partial charge is 0.325 e. The van der Waals surface area contributed by atoms with Gasteiger partial charge in [0.15, 0.2) is 0 Å². The number of ether oxygens (including phenoxy) is 3. The van der Waals surface area contributed by atoms with E-state index in [1.165, 1.54) is 22.8 Å². The van der Waals surface area contributed by atoms with Crippen LogP contribution in [0, 0.1) is 25.1 Å². The van der Waals surface area contributed by atoms with E-state index in [0.29, 0.717) is 70.7 Å². The second-order valence-electron chi connectivity index (χ2n) is 14.1. The van der Waals surface area contributed by atoms with Crippen LogP contribution in [0.25, 0.3) is 11.1 Å². The Balaban J connectivity index is 1.45. The summed E-state index contributed by atoms with van der Waals surface area (Å²) in [6, 6.07) is 9.54. The molecule has 0 spiro atoms. The SMILES string of the molecule is CCOC(=O)CN(C(=O)C1(C)CC1)C1CCC(Oc2cc(=O)n(C)cc2-c2cc(C(C)(C)O)ccc2Oc2c(C)cc(F)cc2C)CC1. The maximum atomic E-state index is 14.1. The zero-order chi connectivity index (χ0) is 35.0. The summed E-state index contributed by atoms with van der Waals surface area (Å²) in [4.78, 5) is 40.5. The van der Waals surface area contributed by atoms with Crippen molar-refractivity contribution in [1.82, 2.24) is 9.47 Å². The van der Waals surface area contributed by atoms with Crippen LogP contribution in [0.1, 0.15) is 82.9 Å². The first kappa shape index (κ1) is 35.1. The van der Waals surface area contributed by atoms with Gasteiger partial charge >= 0.3 is 5.97 Å². The highest BCUT2D eigenvalue weighted by atomic mass is 19.1. The average molecular weight is 663 g/mol. The summed E-state index contributed by atoms with van der Waals surface area (Å²) >= 11 is 0. The van der Waals surface area contributed by atoms with Crippen molar-refractivity contribution >= 4 is 11.9 Å². The molecule has 2 aliphatic rings. The van der Waals surface area contributed by atoms with Gasteiger partial charge in [0.1, 0.15) is 29.6 Å². The van der Waals surface area contributed by atoms with Crippen molar-refractivity contribution in [3.63, 3.8) is 0 Å². The van der Waals surface area contributed by atoms with Crippen LogP contribution in [0.5, 0.6) is 17.2 Å². The van der Waals surface area contributed by atoms with Gasteiger partial charge in [0.2, 0.25) is 5.91 Å². The summed E-state index contributed by atoms with van der Waals surface area (Å²) in [5, 5.41) is 10.9. The predicted molar refractivity (Wildman–Crippen MR) is 181 cm³/mol. The maximum absolute atomic E-state index is 14.1. The fourth-order valence-electron chi connectivity index (χ4n) is 6.41. The van der Waals surface area contributed by atoms with E-state index in [-0.39, 0.29) is 42.6 Å². The molecule has 1 heterocycles. The minimum atomic E-state index is -1.17. The van der Waals surface area contributed by atoms with Crippen LogP contribution in [0.15, 0.2) is 47.4 Å². The number of esters is 1. The minimum Gasteiger partial charge on any atom is -0.490 e. The number of amides is 1. The molecule has 0 atom stereocenters. The van der Waals surface area contributed by atoms with E-state index < -0.39 is 17.0 Å². The molecule has 0 bridgehead atoms. The van der Waals surface area contributed by atoms with Gasteiger partial charge in [0.05, 0.1) is 18.3 Å². The number of hydrogen-bond donors (Lipinski definition) is 1. The van der Waals surface area contributed by atoms with E-state index >= 15 is 0 Å². The molecular weight excluding hydrogens is 615 g/mol. The number of carbonyl (C=O) groups excluding carboxylic acids is 2. The van der Waals surface area contributed by atoms with E-state index in [1.54, 1.807) is 64.9 Å². The van der Waals surface area contributed by atoms with Gasteiger partial charge in [-0.25, -0.2) is 4.39 Å². The highest BCUT2D eigenvalue weighted by molar-refractivity contribution is 5.88. The van der Waals surface area contributed by atoms with Gasteiger partial charge in [-0.05, 0) is 114 Å². The van der Waals surface area contributed by atoms with Crippen molar-refractivity contribution in [3.05, 3.63) is 75.5 Å². The number of halogens is 1. The lowest BCUT2D eigenvalue weighted by molar-refractivity contribution is -0.153. The summed E-state index contributed by atoms with van der Waals surface area (Å²) < 4.78 is 33.8. The van der Waals surface area contributed by atoms with Gasteiger partial charge in [0.25, 0.3) is 5.56 Å². The van der Waals surface area contributed by atoms with Crippen molar-refractivity contribution in [2.75, 3.05) is 13.2 Å². The number of nitrogens with zero attached hydrogens (tertiary/aromatic N) is 2. The van der Waals surface area contributed by atoms with Crippen LogP contribution in [-0.4, -0.2) is 51.7 Å². The van der Waals surface area contributed by atoms with E-state index in [0.717, 1.165) is 12.8 Å². The number of pyridine rings is 1. The first-order valence-corrected chi connectivity index (χ1v) is 16.8. The Morgan fingerprint density at radius 1 is 1.02 bits per heavy atom. The van der Waals surface area contributed by atoms with E-state index in [9.17, 15) is 23.9 Å². The summed E-state index contributed by atoms with van der Waals surface area (Å²) in [5.41, 5.74) is 1.25. The maximum Gasteiger partial charge on any atom is 0.325 e. The molecule has 0 aliphatic heterocycles. The number of aryl methyl sites for hydroxylation is 3. The van der Waals surface area contributed by atoms with Crippen LogP contribution in [0.2, 0.25) is 0 Å². The predicted octanol–water partition coefficient (Wildman–Crippen LogP) is 6.71. The number of aromatic nitrogens is 1. The molecular formula is C38H47FN2O7. The molecule has 5 rings (SSSR count). The second-order valence-corrected chi connectivity index (χ2v) is 14.1. The third-order valence-electron chi connectivity index (χ3n) is 9.56. The monoisotopic (exact) mass is 662 g/mol. The lowest BCUT2D eigenvalue weighted by Gasteiger charge is -2.38. The molecule has 258 valence electrons. The van der Waals surface area contributed by atoms with Gasteiger partial charge in [-0.1, -0.05) is 13.0 Å². The second kappa shape index (κ2) is 13.7. The molecule has 48 heavy (non-hydrogen) atoms. The van der Waals surface area contributed by atoms with E-state index in [2.05, 4.69) is 0 Å². The Morgan fingerprint density at radius 2 is 1.67 bits per heavy atom. The molecule has 0 radical (unpaired) electrons. The topological polar surface area (TPSA) is 107 Å². The number of carbonyl (C=O) groups is 2. The number of benzene rings is 2. The molecule has 1 aromatic heterocycles. The van der Waals surface area contributed by atoms with Crippen LogP contribution >= 0.6 is 0 Å². The Kier molecular flexibility index (Phi) is 10.1. The molecule has 1 N–H and O–H groups in total. The van der Waals surface area contributed by atoms with Crippen LogP contribution in [0.4, 0.5) is 4.39 Å². The standard InChI is InChI=1S/C38H47FN2O7/c1-8-46-34(43)22-41(36(44)38(6)15-16-38)27-10-12-28(13-11-27)47-32-20-33(42)40(7)21-30(32)29-19-25(37(4,5)45)9-14-31(29)48-35-23(2)17-26(39)18-24(35)3/h9,14,17-21,27-28,45H,8,10-13,15-16,22H2,1-7H3. The summed E-state index contributed by atoms with van der Waals surface area (Å²) in [7, 11) is 1.66.